The first kappa shape index (κ1) is 19.5. The molecule has 5 heteroatoms. The van der Waals surface area contributed by atoms with Gasteiger partial charge in [0.15, 0.2) is 0 Å². The highest BCUT2D eigenvalue weighted by atomic mass is 16.6. The van der Waals surface area contributed by atoms with Gasteiger partial charge >= 0.3 is 6.09 Å². The van der Waals surface area contributed by atoms with Gasteiger partial charge in [0.05, 0.1) is 0 Å². The molecule has 0 spiro atoms. The molecule has 2 heterocycles. The average molecular weight is 340 g/mol. The van der Waals surface area contributed by atoms with Crippen molar-refractivity contribution in [2.45, 2.75) is 58.5 Å². The van der Waals surface area contributed by atoms with Gasteiger partial charge < -0.3 is 19.9 Å². The quantitative estimate of drug-likeness (QED) is 0.836. The predicted octanol–water partition coefficient (Wildman–Crippen LogP) is 2.96. The number of hydrogen-bond donors (Lipinski definition) is 1. The predicted molar refractivity (Wildman–Crippen MR) is 98.2 cm³/mol. The van der Waals surface area contributed by atoms with Crippen LogP contribution in [-0.2, 0) is 4.74 Å². The second-order valence-electron chi connectivity index (χ2n) is 8.66. The van der Waals surface area contributed by atoms with Gasteiger partial charge in [-0.1, -0.05) is 0 Å². The van der Waals surface area contributed by atoms with Crippen LogP contribution in [0, 0.1) is 11.8 Å². The lowest BCUT2D eigenvalue weighted by Crippen LogP contribution is -2.43. The standard InChI is InChI=1S/C19H37N3O2/c1-19(2,3)24-18(23)22-13-8-17(9-14-22)15-21(4)12-7-16-5-10-20-11-6-16/h16-17,20H,5-15H2,1-4H3. The minimum absolute atomic E-state index is 0.153. The van der Waals surface area contributed by atoms with E-state index in [0.717, 1.165) is 38.4 Å². The van der Waals surface area contributed by atoms with Gasteiger partial charge in [-0.05, 0) is 91.4 Å². The molecule has 2 saturated heterocycles. The molecule has 2 rings (SSSR count). The molecule has 1 N–H and O–H groups in total. The summed E-state index contributed by atoms with van der Waals surface area (Å²) in [7, 11) is 2.25. The van der Waals surface area contributed by atoms with Gasteiger partial charge in [-0.3, -0.25) is 0 Å². The maximum atomic E-state index is 12.1. The van der Waals surface area contributed by atoms with Gasteiger partial charge in [0.1, 0.15) is 5.60 Å². The van der Waals surface area contributed by atoms with Gasteiger partial charge in [-0.25, -0.2) is 4.79 Å². The van der Waals surface area contributed by atoms with Crippen molar-refractivity contribution >= 4 is 6.09 Å². The lowest BCUT2D eigenvalue weighted by Gasteiger charge is -2.35. The molecule has 0 atom stereocenters. The first-order chi connectivity index (χ1) is 11.3. The van der Waals surface area contributed by atoms with Crippen molar-refractivity contribution in [2.24, 2.45) is 11.8 Å². The van der Waals surface area contributed by atoms with Crippen molar-refractivity contribution in [3.05, 3.63) is 0 Å². The van der Waals surface area contributed by atoms with Crippen LogP contribution in [0.25, 0.3) is 0 Å². The Morgan fingerprint density at radius 1 is 1.12 bits per heavy atom. The van der Waals surface area contributed by atoms with Crippen LogP contribution in [0.5, 0.6) is 0 Å². The van der Waals surface area contributed by atoms with E-state index in [1.165, 1.54) is 38.9 Å². The van der Waals surface area contributed by atoms with E-state index in [4.69, 9.17) is 4.74 Å². The number of rotatable bonds is 5. The minimum atomic E-state index is -0.400. The van der Waals surface area contributed by atoms with Crippen molar-refractivity contribution in [1.29, 1.82) is 0 Å². The third-order valence-corrected chi connectivity index (χ3v) is 5.21. The van der Waals surface area contributed by atoms with Gasteiger partial charge in [0.25, 0.3) is 0 Å². The first-order valence-corrected chi connectivity index (χ1v) is 9.70. The van der Waals surface area contributed by atoms with Crippen LogP contribution in [-0.4, -0.2) is 67.8 Å². The molecule has 0 aromatic heterocycles. The van der Waals surface area contributed by atoms with Gasteiger partial charge in [0.2, 0.25) is 0 Å². The first-order valence-electron chi connectivity index (χ1n) is 9.70. The number of nitrogens with one attached hydrogen (secondary N) is 1. The lowest BCUT2D eigenvalue weighted by atomic mass is 9.93. The Morgan fingerprint density at radius 3 is 2.33 bits per heavy atom. The van der Waals surface area contributed by atoms with Crippen LogP contribution in [0.2, 0.25) is 0 Å². The maximum absolute atomic E-state index is 12.1. The molecule has 24 heavy (non-hydrogen) atoms. The molecule has 2 fully saturated rings. The summed E-state index contributed by atoms with van der Waals surface area (Å²) < 4.78 is 5.47. The Balaban J connectivity index is 1.62. The summed E-state index contributed by atoms with van der Waals surface area (Å²) in [6, 6.07) is 0. The van der Waals surface area contributed by atoms with E-state index in [2.05, 4.69) is 17.3 Å². The van der Waals surface area contributed by atoms with Crippen molar-refractivity contribution in [2.75, 3.05) is 46.3 Å². The molecular weight excluding hydrogens is 302 g/mol. The summed E-state index contributed by atoms with van der Waals surface area (Å²) in [5.41, 5.74) is -0.400. The van der Waals surface area contributed by atoms with Crippen molar-refractivity contribution in [1.82, 2.24) is 15.1 Å². The Morgan fingerprint density at radius 2 is 1.75 bits per heavy atom. The highest BCUT2D eigenvalue weighted by molar-refractivity contribution is 5.68. The normalized spacial score (nSPS) is 21.3. The second kappa shape index (κ2) is 9.04. The zero-order chi connectivity index (χ0) is 17.6. The topological polar surface area (TPSA) is 44.8 Å². The molecule has 0 aromatic rings. The van der Waals surface area contributed by atoms with Gasteiger partial charge in [-0.2, -0.15) is 0 Å². The Kier molecular flexibility index (Phi) is 7.35. The SMILES string of the molecule is CN(CCC1CCNCC1)CC1CCN(C(=O)OC(C)(C)C)CC1. The molecule has 2 aliphatic heterocycles. The van der Waals surface area contributed by atoms with Crippen molar-refractivity contribution in [3.63, 3.8) is 0 Å². The average Bonchev–Trinajstić information content (AvgIpc) is 2.53. The Labute approximate surface area is 148 Å². The fourth-order valence-electron chi connectivity index (χ4n) is 3.73. The second-order valence-corrected chi connectivity index (χ2v) is 8.66. The number of hydrogen-bond acceptors (Lipinski definition) is 4. The summed E-state index contributed by atoms with van der Waals surface area (Å²) >= 11 is 0. The molecule has 0 bridgehead atoms. The molecule has 2 aliphatic rings. The van der Waals surface area contributed by atoms with Crippen molar-refractivity contribution in [3.8, 4) is 0 Å². The smallest absolute Gasteiger partial charge is 0.410 e. The van der Waals surface area contributed by atoms with E-state index in [0.29, 0.717) is 5.92 Å². The molecule has 1 amide bonds. The van der Waals surface area contributed by atoms with Crippen molar-refractivity contribution < 1.29 is 9.53 Å². The molecule has 140 valence electrons. The molecular formula is C19H37N3O2. The molecule has 0 aliphatic carbocycles. The third kappa shape index (κ3) is 6.98. The fourth-order valence-corrected chi connectivity index (χ4v) is 3.73. The summed E-state index contributed by atoms with van der Waals surface area (Å²) in [5, 5.41) is 3.44. The number of piperidine rings is 2. The number of amides is 1. The lowest BCUT2D eigenvalue weighted by molar-refractivity contribution is 0.0172. The largest absolute Gasteiger partial charge is 0.444 e. The van der Waals surface area contributed by atoms with Crippen LogP contribution >= 0.6 is 0 Å². The minimum Gasteiger partial charge on any atom is -0.444 e. The van der Waals surface area contributed by atoms with E-state index in [1.807, 2.05) is 25.7 Å². The zero-order valence-electron chi connectivity index (χ0n) is 16.1. The van der Waals surface area contributed by atoms with E-state index >= 15 is 0 Å². The Hall–Kier alpha value is -0.810. The molecule has 0 unspecified atom stereocenters. The fraction of sp³-hybridized carbons (Fsp3) is 0.947. The molecule has 0 aromatic carbocycles. The maximum Gasteiger partial charge on any atom is 0.410 e. The van der Waals surface area contributed by atoms with E-state index in [1.54, 1.807) is 0 Å². The monoisotopic (exact) mass is 339 g/mol. The molecule has 5 nitrogen and oxygen atoms in total. The van der Waals surface area contributed by atoms with Crippen LogP contribution in [0.4, 0.5) is 4.79 Å². The highest BCUT2D eigenvalue weighted by Crippen LogP contribution is 2.21. The number of carbonyl (C=O) groups is 1. The molecule has 0 radical (unpaired) electrons. The van der Waals surface area contributed by atoms with E-state index in [9.17, 15) is 4.79 Å². The van der Waals surface area contributed by atoms with Gasteiger partial charge in [0, 0.05) is 19.6 Å². The van der Waals surface area contributed by atoms with Crippen LogP contribution in [0.15, 0.2) is 0 Å². The van der Waals surface area contributed by atoms with E-state index < -0.39 is 5.60 Å². The van der Waals surface area contributed by atoms with Crippen LogP contribution < -0.4 is 5.32 Å². The summed E-state index contributed by atoms with van der Waals surface area (Å²) in [4.78, 5) is 16.5. The van der Waals surface area contributed by atoms with E-state index in [-0.39, 0.29) is 6.09 Å². The summed E-state index contributed by atoms with van der Waals surface area (Å²) in [5.74, 6) is 1.62. The molecule has 0 saturated carbocycles. The number of carbonyl (C=O) groups excluding carboxylic acids is 1. The number of ether oxygens (including phenoxy) is 1. The van der Waals surface area contributed by atoms with Crippen LogP contribution in [0.1, 0.15) is 52.9 Å². The van der Waals surface area contributed by atoms with Crippen LogP contribution in [0.3, 0.4) is 0 Å². The summed E-state index contributed by atoms with van der Waals surface area (Å²) in [6.07, 6.45) is 6.03. The third-order valence-electron chi connectivity index (χ3n) is 5.21. The number of nitrogens with zero attached hydrogens (tertiary/aromatic N) is 2. The summed E-state index contributed by atoms with van der Waals surface area (Å²) in [6.45, 7) is 12.2. The Bertz CT molecular complexity index is 381. The zero-order valence-corrected chi connectivity index (χ0v) is 16.1. The van der Waals surface area contributed by atoms with Gasteiger partial charge in [-0.15, -0.1) is 0 Å². The number of likely N-dealkylation sites (tertiary alicyclic amines) is 1. The highest BCUT2D eigenvalue weighted by Gasteiger charge is 2.27.